The van der Waals surface area contributed by atoms with Gasteiger partial charge in [-0.05, 0) is 45.6 Å². The van der Waals surface area contributed by atoms with Gasteiger partial charge in [0.1, 0.15) is 18.2 Å². The van der Waals surface area contributed by atoms with Crippen molar-refractivity contribution in [2.24, 2.45) is 0 Å². The zero-order chi connectivity index (χ0) is 21.0. The Morgan fingerprint density at radius 2 is 1.82 bits per heavy atom. The number of unbranched alkanes of at least 4 members (excludes halogenated alkanes) is 1. The summed E-state index contributed by atoms with van der Waals surface area (Å²) in [7, 11) is 1.26. The summed E-state index contributed by atoms with van der Waals surface area (Å²) in [4.78, 5) is 35.4. The molecule has 1 amide bonds. The lowest BCUT2D eigenvalue weighted by Gasteiger charge is -2.22. The molecule has 1 unspecified atom stereocenters. The Kier molecular flexibility index (Phi) is 9.78. The van der Waals surface area contributed by atoms with Gasteiger partial charge in [-0.15, -0.1) is 0 Å². The van der Waals surface area contributed by atoms with Crippen molar-refractivity contribution in [3.05, 3.63) is 48.0 Å². The summed E-state index contributed by atoms with van der Waals surface area (Å²) < 4.78 is 15.0. The van der Waals surface area contributed by atoms with Crippen molar-refractivity contribution in [1.29, 1.82) is 0 Å². The van der Waals surface area contributed by atoms with E-state index in [2.05, 4.69) is 5.32 Å². The number of rotatable bonds is 9. The van der Waals surface area contributed by atoms with E-state index < -0.39 is 29.7 Å². The maximum atomic E-state index is 11.8. The second-order valence-corrected chi connectivity index (χ2v) is 7.15. The predicted octanol–water partition coefficient (Wildman–Crippen LogP) is 3.52. The zero-order valence-corrected chi connectivity index (χ0v) is 16.9. The molecule has 154 valence electrons. The van der Waals surface area contributed by atoms with E-state index in [1.165, 1.54) is 13.2 Å². The molecule has 0 saturated heterocycles. The van der Waals surface area contributed by atoms with Crippen LogP contribution >= 0.6 is 0 Å². The Balaban J connectivity index is 2.36. The molecule has 0 aliphatic carbocycles. The first kappa shape index (κ1) is 23.2. The van der Waals surface area contributed by atoms with Crippen molar-refractivity contribution in [2.75, 3.05) is 7.11 Å². The van der Waals surface area contributed by atoms with Gasteiger partial charge in [0, 0.05) is 6.08 Å². The molecular weight excluding hydrogens is 362 g/mol. The lowest BCUT2D eigenvalue weighted by molar-refractivity contribution is -0.143. The standard InChI is InChI=1S/C21H29NO6/c1-21(2,3)28-20(25)22-17(19(24)26-4)13-9-6-10-14-18(23)27-15-16-11-7-5-8-12-16/h5,7-8,10-12,14,17H,6,9,13,15H2,1-4H3,(H,22,25)/b14-10+. The zero-order valence-electron chi connectivity index (χ0n) is 16.9. The van der Waals surface area contributed by atoms with Crippen LogP contribution in [0, 0.1) is 0 Å². The number of alkyl carbamates (subject to hydrolysis) is 1. The molecule has 0 spiro atoms. The van der Waals surface area contributed by atoms with Crippen LogP contribution in [-0.4, -0.2) is 36.8 Å². The first-order valence-corrected chi connectivity index (χ1v) is 9.16. The summed E-state index contributed by atoms with van der Waals surface area (Å²) >= 11 is 0. The summed E-state index contributed by atoms with van der Waals surface area (Å²) in [6.45, 7) is 5.43. The molecule has 1 aromatic rings. The Morgan fingerprint density at radius 3 is 2.43 bits per heavy atom. The average Bonchev–Trinajstić information content (AvgIpc) is 2.63. The van der Waals surface area contributed by atoms with E-state index in [1.54, 1.807) is 26.8 Å². The highest BCUT2D eigenvalue weighted by Gasteiger charge is 2.24. The minimum Gasteiger partial charge on any atom is -0.467 e. The molecule has 1 atom stereocenters. The normalized spacial score (nSPS) is 12.3. The minimum atomic E-state index is -0.807. The number of allylic oxidation sites excluding steroid dienone is 1. The van der Waals surface area contributed by atoms with Gasteiger partial charge in [-0.1, -0.05) is 36.4 Å². The van der Waals surface area contributed by atoms with Crippen LogP contribution in [0.5, 0.6) is 0 Å². The number of amides is 1. The minimum absolute atomic E-state index is 0.217. The fourth-order valence-electron chi connectivity index (χ4n) is 2.24. The van der Waals surface area contributed by atoms with Crippen LogP contribution in [0.15, 0.2) is 42.5 Å². The van der Waals surface area contributed by atoms with E-state index in [4.69, 9.17) is 14.2 Å². The van der Waals surface area contributed by atoms with Crippen LogP contribution in [0.2, 0.25) is 0 Å². The van der Waals surface area contributed by atoms with Crippen molar-refractivity contribution in [1.82, 2.24) is 5.32 Å². The first-order chi connectivity index (χ1) is 13.2. The third-order valence-corrected chi connectivity index (χ3v) is 3.52. The molecule has 0 radical (unpaired) electrons. The molecule has 0 aliphatic heterocycles. The summed E-state index contributed by atoms with van der Waals surface area (Å²) in [5, 5.41) is 2.51. The van der Waals surface area contributed by atoms with Crippen molar-refractivity contribution in [3.63, 3.8) is 0 Å². The Bertz CT molecular complexity index is 663. The van der Waals surface area contributed by atoms with Crippen LogP contribution in [0.1, 0.15) is 45.6 Å². The number of carbonyl (C=O) groups is 3. The molecule has 1 rings (SSSR count). The van der Waals surface area contributed by atoms with Crippen molar-refractivity contribution < 1.29 is 28.6 Å². The number of nitrogens with one attached hydrogen (secondary N) is 1. The smallest absolute Gasteiger partial charge is 0.408 e. The highest BCUT2D eigenvalue weighted by atomic mass is 16.6. The van der Waals surface area contributed by atoms with Crippen LogP contribution in [0.3, 0.4) is 0 Å². The fourth-order valence-corrected chi connectivity index (χ4v) is 2.24. The topological polar surface area (TPSA) is 90.9 Å². The molecule has 1 N–H and O–H groups in total. The number of hydrogen-bond acceptors (Lipinski definition) is 6. The van der Waals surface area contributed by atoms with Gasteiger partial charge in [-0.2, -0.15) is 0 Å². The van der Waals surface area contributed by atoms with Gasteiger partial charge in [0.15, 0.2) is 0 Å². The molecular formula is C21H29NO6. The summed E-state index contributed by atoms with van der Waals surface area (Å²) in [6, 6.07) is 8.59. The third-order valence-electron chi connectivity index (χ3n) is 3.52. The average molecular weight is 391 g/mol. The van der Waals surface area contributed by atoms with E-state index in [-0.39, 0.29) is 6.61 Å². The van der Waals surface area contributed by atoms with E-state index in [0.29, 0.717) is 19.3 Å². The molecule has 0 bridgehead atoms. The van der Waals surface area contributed by atoms with E-state index in [1.807, 2.05) is 30.3 Å². The Morgan fingerprint density at radius 1 is 1.14 bits per heavy atom. The van der Waals surface area contributed by atoms with E-state index in [9.17, 15) is 14.4 Å². The molecule has 0 aromatic heterocycles. The summed E-state index contributed by atoms with van der Waals surface area (Å²) in [5.41, 5.74) is 0.256. The molecule has 0 aliphatic rings. The number of methoxy groups -OCH3 is 1. The summed E-state index contributed by atoms with van der Waals surface area (Å²) in [6.07, 6.45) is 3.83. The summed E-state index contributed by atoms with van der Waals surface area (Å²) in [5.74, 6) is -0.975. The first-order valence-electron chi connectivity index (χ1n) is 9.16. The lowest BCUT2D eigenvalue weighted by atomic mass is 10.1. The molecule has 0 fully saturated rings. The number of benzene rings is 1. The Hall–Kier alpha value is -2.83. The maximum Gasteiger partial charge on any atom is 0.408 e. The molecule has 1 aromatic carbocycles. The molecule has 0 heterocycles. The third kappa shape index (κ3) is 10.4. The van der Waals surface area contributed by atoms with Gasteiger partial charge < -0.3 is 19.5 Å². The predicted molar refractivity (Wildman–Crippen MR) is 104 cm³/mol. The van der Waals surface area contributed by atoms with Crippen LogP contribution in [0.4, 0.5) is 4.79 Å². The van der Waals surface area contributed by atoms with Gasteiger partial charge in [-0.3, -0.25) is 0 Å². The van der Waals surface area contributed by atoms with Crippen molar-refractivity contribution >= 4 is 18.0 Å². The molecule has 7 nitrogen and oxygen atoms in total. The van der Waals surface area contributed by atoms with Crippen LogP contribution in [0.25, 0.3) is 0 Å². The fraction of sp³-hybridized carbons (Fsp3) is 0.476. The quantitative estimate of drug-likeness (QED) is 0.300. The highest BCUT2D eigenvalue weighted by molar-refractivity contribution is 5.82. The van der Waals surface area contributed by atoms with E-state index in [0.717, 1.165) is 5.56 Å². The molecule has 7 heteroatoms. The van der Waals surface area contributed by atoms with Crippen molar-refractivity contribution in [3.8, 4) is 0 Å². The number of ether oxygens (including phenoxy) is 3. The highest BCUT2D eigenvalue weighted by Crippen LogP contribution is 2.09. The van der Waals surface area contributed by atoms with Crippen molar-refractivity contribution in [2.45, 2.75) is 58.3 Å². The second-order valence-electron chi connectivity index (χ2n) is 7.15. The largest absolute Gasteiger partial charge is 0.467 e. The molecule has 0 saturated carbocycles. The number of carbonyl (C=O) groups excluding carboxylic acids is 3. The van der Waals surface area contributed by atoms with E-state index >= 15 is 0 Å². The lowest BCUT2D eigenvalue weighted by Crippen LogP contribution is -2.44. The molecule has 28 heavy (non-hydrogen) atoms. The Labute approximate surface area is 166 Å². The SMILES string of the molecule is COC(=O)C(CCC/C=C/C(=O)OCc1ccccc1)NC(=O)OC(C)(C)C. The second kappa shape index (κ2) is 11.8. The maximum absolute atomic E-state index is 11.8. The van der Waals surface area contributed by atoms with Gasteiger partial charge >= 0.3 is 18.0 Å². The van der Waals surface area contributed by atoms with Crippen LogP contribution < -0.4 is 5.32 Å². The van der Waals surface area contributed by atoms with Gasteiger partial charge in [0.25, 0.3) is 0 Å². The number of hydrogen-bond donors (Lipinski definition) is 1. The van der Waals surface area contributed by atoms with Gasteiger partial charge in [0.2, 0.25) is 0 Å². The number of esters is 2. The van der Waals surface area contributed by atoms with Gasteiger partial charge in [0.05, 0.1) is 7.11 Å². The van der Waals surface area contributed by atoms with Gasteiger partial charge in [-0.25, -0.2) is 14.4 Å². The monoisotopic (exact) mass is 391 g/mol. The van der Waals surface area contributed by atoms with Crippen LogP contribution in [-0.2, 0) is 30.4 Å².